The van der Waals surface area contributed by atoms with E-state index in [0.717, 1.165) is 41.4 Å². The number of hydrogen-bond acceptors (Lipinski definition) is 10. The maximum atomic E-state index is 13.8. The molecule has 4 aromatic carbocycles. The standard InChI is InChI=1S/C43H41N5O6S2/c1-27(40(49)47-43-34(24-44)33-18-19-48(26-38(33)56-43)25-28-12-7-5-8-13-28)55-32-17-11-16-31(23-32)45-42(51)35(46-41(50)30-14-9-6-10-15-30)20-29-21-36(52-2)39(54-4)37(22-29)53-3/h5-17,20-23,27H,18-19,25-26H2,1-4H3,(H,45,51)(H,46,50)(H,47,49)/b35-20+. The third-order valence-corrected chi connectivity index (χ3v) is 11.3. The van der Waals surface area contributed by atoms with Gasteiger partial charge in [0.05, 0.1) is 32.1 Å². The molecule has 1 unspecified atom stereocenters. The van der Waals surface area contributed by atoms with E-state index in [1.165, 1.54) is 56.1 Å². The van der Waals surface area contributed by atoms with E-state index in [1.54, 1.807) is 67.6 Å². The van der Waals surface area contributed by atoms with Crippen LogP contribution >= 0.6 is 23.1 Å². The Bertz CT molecular complexity index is 2260. The summed E-state index contributed by atoms with van der Waals surface area (Å²) in [5, 5.41) is 18.7. The van der Waals surface area contributed by atoms with Crippen molar-refractivity contribution in [2.45, 2.75) is 36.6 Å². The normalized spacial score (nSPS) is 13.1. The van der Waals surface area contributed by atoms with Crippen LogP contribution in [0.2, 0.25) is 0 Å². The Morgan fingerprint density at radius 1 is 0.911 bits per heavy atom. The summed E-state index contributed by atoms with van der Waals surface area (Å²) < 4.78 is 16.4. The van der Waals surface area contributed by atoms with Gasteiger partial charge in [-0.25, -0.2) is 0 Å². The molecule has 0 aliphatic carbocycles. The molecule has 0 bridgehead atoms. The molecule has 0 fully saturated rings. The zero-order valence-electron chi connectivity index (χ0n) is 31.4. The molecule has 0 radical (unpaired) electrons. The lowest BCUT2D eigenvalue weighted by atomic mass is 10.0. The van der Waals surface area contributed by atoms with E-state index in [-0.39, 0.29) is 11.6 Å². The molecule has 13 heteroatoms. The predicted octanol–water partition coefficient (Wildman–Crippen LogP) is 7.73. The Morgan fingerprint density at radius 3 is 2.27 bits per heavy atom. The molecule has 0 saturated heterocycles. The minimum atomic E-state index is -0.580. The van der Waals surface area contributed by atoms with Crippen LogP contribution in [0.5, 0.6) is 17.2 Å². The quantitative estimate of drug-likeness (QED) is 0.0762. The third-order valence-electron chi connectivity index (χ3n) is 9.03. The smallest absolute Gasteiger partial charge is 0.272 e. The molecule has 1 aliphatic heterocycles. The van der Waals surface area contributed by atoms with Gasteiger partial charge >= 0.3 is 0 Å². The summed E-state index contributed by atoms with van der Waals surface area (Å²) in [4.78, 5) is 44.8. The lowest BCUT2D eigenvalue weighted by molar-refractivity contribution is -0.115. The van der Waals surface area contributed by atoms with Crippen molar-refractivity contribution in [2.75, 3.05) is 38.5 Å². The Morgan fingerprint density at radius 2 is 1.61 bits per heavy atom. The van der Waals surface area contributed by atoms with Gasteiger partial charge in [0.25, 0.3) is 11.8 Å². The van der Waals surface area contributed by atoms with Crippen LogP contribution in [-0.2, 0) is 29.1 Å². The predicted molar refractivity (Wildman–Crippen MR) is 220 cm³/mol. The molecule has 2 heterocycles. The zero-order chi connectivity index (χ0) is 39.6. The minimum Gasteiger partial charge on any atom is -0.493 e. The van der Waals surface area contributed by atoms with Crippen molar-refractivity contribution < 1.29 is 28.6 Å². The molecule has 3 N–H and O–H groups in total. The topological polar surface area (TPSA) is 142 Å². The van der Waals surface area contributed by atoms with Crippen LogP contribution in [-0.4, -0.2) is 55.7 Å². The number of nitrogens with zero attached hydrogens (tertiary/aromatic N) is 2. The number of carbonyl (C=O) groups is 3. The molecule has 1 atom stereocenters. The molecule has 6 rings (SSSR count). The molecular formula is C43H41N5O6S2. The molecule has 1 aliphatic rings. The van der Waals surface area contributed by atoms with Gasteiger partial charge < -0.3 is 30.2 Å². The van der Waals surface area contributed by atoms with Crippen LogP contribution in [0.1, 0.15) is 44.4 Å². The van der Waals surface area contributed by atoms with Gasteiger partial charge in [-0.05, 0) is 78.6 Å². The van der Waals surface area contributed by atoms with Crippen molar-refractivity contribution in [1.29, 1.82) is 5.26 Å². The molecule has 286 valence electrons. The molecule has 1 aromatic heterocycles. The fourth-order valence-electron chi connectivity index (χ4n) is 6.25. The van der Waals surface area contributed by atoms with Gasteiger partial charge in [0, 0.05) is 40.7 Å². The fourth-order valence-corrected chi connectivity index (χ4v) is 8.42. The van der Waals surface area contributed by atoms with Crippen LogP contribution in [0.4, 0.5) is 10.7 Å². The fraction of sp³-hybridized carbons (Fsp3) is 0.209. The first-order valence-corrected chi connectivity index (χ1v) is 19.5. The first-order valence-electron chi connectivity index (χ1n) is 17.8. The van der Waals surface area contributed by atoms with Crippen molar-refractivity contribution in [2.24, 2.45) is 0 Å². The molecule has 11 nitrogen and oxygen atoms in total. The van der Waals surface area contributed by atoms with Crippen LogP contribution in [0.3, 0.4) is 0 Å². The van der Waals surface area contributed by atoms with E-state index in [0.29, 0.717) is 44.6 Å². The lowest BCUT2D eigenvalue weighted by Crippen LogP contribution is -2.30. The van der Waals surface area contributed by atoms with E-state index in [2.05, 4.69) is 39.1 Å². The van der Waals surface area contributed by atoms with Crippen LogP contribution in [0.25, 0.3) is 6.08 Å². The number of benzene rings is 4. The maximum Gasteiger partial charge on any atom is 0.272 e. The second-order valence-electron chi connectivity index (χ2n) is 12.8. The van der Waals surface area contributed by atoms with Crippen molar-refractivity contribution in [3.8, 4) is 23.3 Å². The Labute approximate surface area is 334 Å². The van der Waals surface area contributed by atoms with Crippen molar-refractivity contribution in [1.82, 2.24) is 10.2 Å². The zero-order valence-corrected chi connectivity index (χ0v) is 33.0. The number of rotatable bonds is 14. The highest BCUT2D eigenvalue weighted by molar-refractivity contribution is 8.00. The van der Waals surface area contributed by atoms with Crippen molar-refractivity contribution in [3.63, 3.8) is 0 Å². The maximum absolute atomic E-state index is 13.8. The van der Waals surface area contributed by atoms with Gasteiger partial charge in [0.2, 0.25) is 11.7 Å². The summed E-state index contributed by atoms with van der Waals surface area (Å²) in [5.41, 5.74) is 4.09. The first-order chi connectivity index (χ1) is 27.2. The Balaban J connectivity index is 1.15. The van der Waals surface area contributed by atoms with E-state index < -0.39 is 17.1 Å². The van der Waals surface area contributed by atoms with Crippen molar-refractivity contribution in [3.05, 3.63) is 135 Å². The number of amides is 3. The van der Waals surface area contributed by atoms with Gasteiger partial charge in [-0.2, -0.15) is 5.26 Å². The molecule has 0 saturated carbocycles. The highest BCUT2D eigenvalue weighted by Crippen LogP contribution is 2.39. The summed E-state index contributed by atoms with van der Waals surface area (Å²) >= 11 is 2.78. The van der Waals surface area contributed by atoms with Crippen molar-refractivity contribution >= 4 is 57.6 Å². The molecule has 56 heavy (non-hydrogen) atoms. The summed E-state index contributed by atoms with van der Waals surface area (Å²) in [5.74, 6) is -0.149. The Kier molecular flexibility index (Phi) is 13.1. The number of hydrogen-bond donors (Lipinski definition) is 3. The summed E-state index contributed by atoms with van der Waals surface area (Å²) in [6.07, 6.45) is 2.26. The second kappa shape index (κ2) is 18.5. The largest absolute Gasteiger partial charge is 0.493 e. The number of thioether (sulfide) groups is 1. The Hall–Kier alpha value is -6.07. The van der Waals surface area contributed by atoms with Gasteiger partial charge in [0.1, 0.15) is 16.8 Å². The number of anilines is 2. The third kappa shape index (κ3) is 9.59. The highest BCUT2D eigenvalue weighted by Gasteiger charge is 2.27. The summed E-state index contributed by atoms with van der Waals surface area (Å²) in [6.45, 7) is 4.17. The van der Waals surface area contributed by atoms with E-state index in [4.69, 9.17) is 14.2 Å². The van der Waals surface area contributed by atoms with E-state index in [1.807, 2.05) is 24.3 Å². The number of nitriles is 1. The number of carbonyl (C=O) groups excluding carboxylic acids is 3. The number of nitrogens with one attached hydrogen (secondary N) is 3. The van der Waals surface area contributed by atoms with Crippen LogP contribution < -0.4 is 30.2 Å². The monoisotopic (exact) mass is 787 g/mol. The molecular weight excluding hydrogens is 747 g/mol. The van der Waals surface area contributed by atoms with Gasteiger partial charge in [-0.3, -0.25) is 19.3 Å². The molecule has 5 aromatic rings. The van der Waals surface area contributed by atoms with E-state index in [9.17, 15) is 19.6 Å². The summed E-state index contributed by atoms with van der Waals surface area (Å²) in [6, 6.07) is 31.6. The first kappa shape index (κ1) is 39.6. The highest BCUT2D eigenvalue weighted by atomic mass is 32.2. The minimum absolute atomic E-state index is 0.0333. The van der Waals surface area contributed by atoms with Gasteiger partial charge in [-0.1, -0.05) is 54.6 Å². The lowest BCUT2D eigenvalue weighted by Gasteiger charge is -2.26. The molecule has 0 spiro atoms. The number of thiophene rings is 1. The second-order valence-corrected chi connectivity index (χ2v) is 15.4. The van der Waals surface area contributed by atoms with E-state index >= 15 is 0 Å². The number of methoxy groups -OCH3 is 3. The average molecular weight is 788 g/mol. The van der Waals surface area contributed by atoms with Crippen LogP contribution in [0.15, 0.2) is 108 Å². The van der Waals surface area contributed by atoms with Crippen LogP contribution in [0, 0.1) is 11.3 Å². The molecule has 3 amide bonds. The SMILES string of the molecule is COc1cc(/C=C(/NC(=O)c2ccccc2)C(=O)Nc2cccc(SC(C)C(=O)Nc3sc4c(c3C#N)CCN(Cc3ccccc3)C4)c2)cc(OC)c1OC. The van der Waals surface area contributed by atoms with Gasteiger partial charge in [-0.15, -0.1) is 23.1 Å². The van der Waals surface area contributed by atoms with Gasteiger partial charge in [0.15, 0.2) is 11.5 Å². The number of fused-ring (bicyclic) bond motifs is 1. The average Bonchev–Trinajstić information content (AvgIpc) is 3.56. The number of ether oxygens (including phenoxy) is 3. The summed E-state index contributed by atoms with van der Waals surface area (Å²) in [7, 11) is 4.48.